The molecular weight excluding hydrogens is 1820 g/mol. The molecule has 1 saturated carbocycles. The van der Waals surface area contributed by atoms with Crippen LogP contribution >= 0.6 is 75.3 Å². The molecule has 0 radical (unpaired) electrons. The molecule has 0 bridgehead atoms. The number of allylic oxidation sites excluding steroid dienone is 10. The molecule has 10 aromatic rings. The van der Waals surface area contributed by atoms with Gasteiger partial charge in [0, 0.05) is 6.54 Å². The Hall–Kier alpha value is -13.7. The number of hydrogen-bond acceptors (Lipinski definition) is 15. The van der Waals surface area contributed by atoms with Crippen LogP contribution in [0.2, 0.25) is 5.15 Å². The normalized spacial score (nSPS) is 13.0. The van der Waals surface area contributed by atoms with Crippen molar-refractivity contribution in [2.24, 2.45) is 5.92 Å². The number of benzene rings is 5. The van der Waals surface area contributed by atoms with E-state index in [1.165, 1.54) is 30.4 Å². The van der Waals surface area contributed by atoms with Gasteiger partial charge in [0.2, 0.25) is 0 Å². The fraction of sp³-hybridized carbons (Fsp3) is 0.133. The predicted octanol–water partition coefficient (Wildman–Crippen LogP) is 21.4. The molecule has 123 heavy (non-hydrogen) atoms. The van der Waals surface area contributed by atoms with Gasteiger partial charge in [-0.3, -0.25) is 24.0 Å². The van der Waals surface area contributed by atoms with E-state index in [-0.39, 0.29) is 63.8 Å². The largest absolute Gasteiger partial charge is 0.347 e. The van der Waals surface area contributed by atoms with Crippen LogP contribution in [0.3, 0.4) is 0 Å². The molecule has 5 aromatic heterocycles. The summed E-state index contributed by atoms with van der Waals surface area (Å²) in [5.41, 5.74) is 8.91. The van der Waals surface area contributed by atoms with Crippen LogP contribution in [-0.2, 0) is 30.5 Å². The first-order chi connectivity index (χ1) is 59.7. The van der Waals surface area contributed by atoms with E-state index in [1.54, 1.807) is 79.0 Å². The number of rotatable bonds is 28. The topological polar surface area (TPSA) is 329 Å². The quantitative estimate of drug-likeness (QED) is 0.0132. The first-order valence-electron chi connectivity index (χ1n) is 38.5. The molecule has 4 atom stereocenters. The van der Waals surface area contributed by atoms with Crippen molar-refractivity contribution in [3.05, 3.63) is 411 Å². The van der Waals surface area contributed by atoms with E-state index in [1.807, 2.05) is 269 Å². The zero-order chi connectivity index (χ0) is 88.4. The van der Waals surface area contributed by atoms with Crippen LogP contribution in [0.25, 0.3) is 30.4 Å². The Morgan fingerprint density at radius 2 is 0.667 bits per heavy atom. The summed E-state index contributed by atoms with van der Waals surface area (Å²) in [6, 6.07) is 84.9. The maximum Gasteiger partial charge on any atom is 0.262 e. The summed E-state index contributed by atoms with van der Waals surface area (Å²) in [5.74, 6) is -1.49. The van der Waals surface area contributed by atoms with Crippen molar-refractivity contribution in [3.8, 4) is 30.3 Å². The third-order valence-electron chi connectivity index (χ3n) is 17.4. The van der Waals surface area contributed by atoms with Crippen LogP contribution in [0.5, 0.6) is 0 Å². The number of nitrogens with zero attached hydrogens (tertiary/aromatic N) is 10. The van der Waals surface area contributed by atoms with Crippen molar-refractivity contribution in [2.45, 2.75) is 77.2 Å². The average molecular weight is 1910 g/mol. The number of aromatic nitrogens is 5. The minimum Gasteiger partial charge on any atom is -0.347 e. The van der Waals surface area contributed by atoms with Crippen LogP contribution in [0.1, 0.15) is 127 Å². The van der Waals surface area contributed by atoms with Gasteiger partial charge in [0.1, 0.15) is 81.8 Å². The summed E-state index contributed by atoms with van der Waals surface area (Å²) >= 11 is 19.0. The van der Waals surface area contributed by atoms with Crippen molar-refractivity contribution in [3.63, 3.8) is 0 Å². The summed E-state index contributed by atoms with van der Waals surface area (Å²) in [6.07, 6.45) is 28.2. The lowest BCUT2D eigenvalue weighted by molar-refractivity contribution is -0.118. The first-order valence-corrected chi connectivity index (χ1v) is 42.0. The zero-order valence-corrected chi connectivity index (χ0v) is 74.2. The molecule has 1 aliphatic rings. The second kappa shape index (κ2) is 54.4. The number of carbonyl (C=O) groups is 5. The highest BCUT2D eigenvalue weighted by atomic mass is 79.9. The molecule has 20 nitrogen and oxygen atoms in total. The Kier molecular flexibility index (Phi) is 42.7. The van der Waals surface area contributed by atoms with Gasteiger partial charge in [-0.25, -0.2) is 24.9 Å². The Morgan fingerprint density at radius 3 is 0.984 bits per heavy atom. The van der Waals surface area contributed by atoms with Gasteiger partial charge in [-0.2, -0.15) is 26.3 Å². The number of carbonyl (C=O) groups excluding carboxylic acids is 5. The minimum absolute atomic E-state index is 0.0241. The van der Waals surface area contributed by atoms with E-state index < -0.39 is 17.7 Å². The number of nitrogens with one attached hydrogen (secondary N) is 5. The van der Waals surface area contributed by atoms with Crippen molar-refractivity contribution < 1.29 is 24.0 Å². The molecule has 5 N–H and O–H groups in total. The van der Waals surface area contributed by atoms with E-state index in [4.69, 9.17) is 16.9 Å². The van der Waals surface area contributed by atoms with E-state index in [0.717, 1.165) is 94.7 Å². The molecule has 25 heteroatoms. The summed E-state index contributed by atoms with van der Waals surface area (Å²) in [5, 5.41) is 60.8. The Bertz CT molecular complexity index is 5610. The maximum absolute atomic E-state index is 12.5. The van der Waals surface area contributed by atoms with Gasteiger partial charge in [-0.05, 0) is 252 Å². The molecule has 0 saturated heterocycles. The molecule has 5 heterocycles. The van der Waals surface area contributed by atoms with E-state index in [9.17, 15) is 45.0 Å². The molecule has 616 valence electrons. The predicted molar refractivity (Wildman–Crippen MR) is 497 cm³/mol. The van der Waals surface area contributed by atoms with Crippen LogP contribution in [0, 0.1) is 62.6 Å². The highest BCUT2D eigenvalue weighted by molar-refractivity contribution is 9.11. The van der Waals surface area contributed by atoms with E-state index in [0.29, 0.717) is 23.3 Å². The van der Waals surface area contributed by atoms with Crippen molar-refractivity contribution in [1.82, 2.24) is 51.5 Å². The lowest BCUT2D eigenvalue weighted by Gasteiger charge is -2.18. The number of amides is 5. The van der Waals surface area contributed by atoms with Crippen LogP contribution in [-0.4, -0.2) is 54.5 Å². The lowest BCUT2D eigenvalue weighted by Crippen LogP contribution is -2.30. The zero-order valence-electron chi connectivity index (χ0n) is 67.1. The van der Waals surface area contributed by atoms with Crippen LogP contribution in [0.4, 0.5) is 0 Å². The smallest absolute Gasteiger partial charge is 0.262 e. The van der Waals surface area contributed by atoms with E-state index >= 15 is 0 Å². The molecule has 5 amide bonds. The Labute approximate surface area is 755 Å². The molecule has 5 aromatic carbocycles. The van der Waals surface area contributed by atoms with Crippen molar-refractivity contribution >= 4 is 135 Å². The molecule has 0 spiro atoms. The van der Waals surface area contributed by atoms with Gasteiger partial charge in [0.25, 0.3) is 29.5 Å². The molecular formula is C98H84Br4ClN15O5. The molecule has 1 fully saturated rings. The second-order valence-electron chi connectivity index (χ2n) is 26.5. The summed E-state index contributed by atoms with van der Waals surface area (Å²) in [7, 11) is 0. The number of pyridine rings is 5. The van der Waals surface area contributed by atoms with Crippen LogP contribution in [0.15, 0.2) is 350 Å². The van der Waals surface area contributed by atoms with Crippen molar-refractivity contribution in [2.75, 3.05) is 0 Å². The number of halogens is 5. The summed E-state index contributed by atoms with van der Waals surface area (Å²) in [4.78, 5) is 82.5. The fourth-order valence-electron chi connectivity index (χ4n) is 11.0. The van der Waals surface area contributed by atoms with Gasteiger partial charge in [-0.15, -0.1) is 0 Å². The molecule has 0 unspecified atom stereocenters. The molecule has 0 aliphatic heterocycles. The van der Waals surface area contributed by atoms with Gasteiger partial charge >= 0.3 is 0 Å². The average Bonchev–Trinajstić information content (AvgIpc) is 1.69. The monoisotopic (exact) mass is 1900 g/mol. The minimum atomic E-state index is -0.419. The summed E-state index contributed by atoms with van der Waals surface area (Å²) in [6.45, 7) is 6.20. The third-order valence-corrected chi connectivity index (χ3v) is 19.3. The standard InChI is InChI=1S/C21H18BrN3O.C21H20BrN3O.C19H16BrN3O.C19H16ClN3O.C18H14BrN3O/c22-19-11-5-10-18(24-19)9-4-8-17(14-23)21(26)25-20(16-12-13-16)15-6-2-1-3-7-15;1-2-8-19(16-9-4-3-5-10-16)25-21(26)17(15-23)11-6-12-18-13-7-14-20(22)24-18;2*1-14(15-7-3-2-4-8-15)22-19(24)16(13-21)9-5-10-17-11-6-12-18(20)23-17;19-17-11-5-10-16(22-17)9-4-8-15(12-20)18(23)21-13-14-6-2-1-3-7-14/h1-11,16,20H,12-13H2,(H,25,26);3-7,9-14,19H,2,8H2,1H3,(H,25,26);2*2-12,14H,1H3,(H,22,24);1-11H,13H2,(H,21,23)/b9-4+,17-8+;12-6+,17-11+;2*10-5+,16-9+;9-4+,15-8+/t20-;19-;2*14-;/m1000./s1. The Morgan fingerprint density at radius 1 is 0.374 bits per heavy atom. The van der Waals surface area contributed by atoms with E-state index in [2.05, 4.69) is 122 Å². The highest BCUT2D eigenvalue weighted by Gasteiger charge is 2.34. The Balaban J connectivity index is 0.000000212. The lowest BCUT2D eigenvalue weighted by atomic mass is 10.0. The van der Waals surface area contributed by atoms with Gasteiger partial charge in [0.05, 0.1) is 52.6 Å². The third kappa shape index (κ3) is 36.4. The fourth-order valence-corrected chi connectivity index (χ4v) is 12.6. The highest BCUT2D eigenvalue weighted by Crippen LogP contribution is 2.41. The maximum atomic E-state index is 12.5. The van der Waals surface area contributed by atoms with Gasteiger partial charge in [-0.1, -0.05) is 237 Å². The van der Waals surface area contributed by atoms with Crippen LogP contribution < -0.4 is 26.6 Å². The summed E-state index contributed by atoms with van der Waals surface area (Å²) < 4.78 is 2.91. The SMILES string of the molecule is CCC[C@H](NC(=O)/C(C#N)=C/C=C/c1cccc(Br)n1)c1ccccc1.C[C@H](NC(=O)/C(C#N)=C/C=C/c1cccc(Br)n1)c1ccccc1.C[C@H](NC(=O)/C(C#N)=C/C=C/c1cccc(Cl)n1)c1ccccc1.N#C/C(=C\C=C\c1cccc(Br)n1)C(=O)NCc1ccccc1.N#C/C(=C\C=C\c1cccc(Br)n1)C(=O)N[C@H](c1ccccc1)C1CC1. The van der Waals surface area contributed by atoms with Gasteiger partial charge in [0.15, 0.2) is 0 Å². The number of nitriles is 5. The number of hydrogen-bond donors (Lipinski definition) is 5. The van der Waals surface area contributed by atoms with Crippen molar-refractivity contribution in [1.29, 1.82) is 26.3 Å². The molecule has 1 aliphatic carbocycles. The second-order valence-corrected chi connectivity index (χ2v) is 30.1. The molecule has 11 rings (SSSR count). The van der Waals surface area contributed by atoms with Gasteiger partial charge < -0.3 is 26.6 Å². The first kappa shape index (κ1) is 96.4.